The predicted octanol–water partition coefficient (Wildman–Crippen LogP) is 1.03. The van der Waals surface area contributed by atoms with Gasteiger partial charge in [0.1, 0.15) is 6.54 Å². The van der Waals surface area contributed by atoms with Gasteiger partial charge in [-0.3, -0.25) is 24.5 Å². The van der Waals surface area contributed by atoms with Crippen LogP contribution in [0.25, 0.3) is 0 Å². The smallest absolute Gasteiger partial charge is 0.325 e. The summed E-state index contributed by atoms with van der Waals surface area (Å²) in [5, 5.41) is 15.6. The number of nitrogens with one attached hydrogen (secondary N) is 2. The van der Waals surface area contributed by atoms with Gasteiger partial charge in [-0.15, -0.1) is 0 Å². The lowest BCUT2D eigenvalue weighted by Crippen LogP contribution is -2.39. The summed E-state index contributed by atoms with van der Waals surface area (Å²) in [5.41, 5.74) is -0.184. The Balaban J connectivity index is 2.41. The maximum Gasteiger partial charge on any atom is 0.325 e. The van der Waals surface area contributed by atoms with Crippen molar-refractivity contribution < 1.29 is 24.0 Å². The highest BCUT2D eigenvalue weighted by molar-refractivity contribution is 5.96. The SMILES string of the molecule is CC(C)[C@@H](C)NC(=O)COC(=O)CNC(=O)c1cccc([N+](=O)[O-])c1. The molecule has 9 heteroatoms. The maximum absolute atomic E-state index is 11.9. The fourth-order valence-electron chi connectivity index (χ4n) is 1.67. The van der Waals surface area contributed by atoms with E-state index in [4.69, 9.17) is 4.74 Å². The highest BCUT2D eigenvalue weighted by Crippen LogP contribution is 2.12. The molecule has 0 spiro atoms. The average Bonchev–Trinajstić information content (AvgIpc) is 2.57. The Morgan fingerprint density at radius 3 is 2.52 bits per heavy atom. The first-order chi connectivity index (χ1) is 11.7. The number of non-ortho nitro benzene ring substituents is 1. The summed E-state index contributed by atoms with van der Waals surface area (Å²) in [6, 6.07) is 5.04. The number of benzene rings is 1. The van der Waals surface area contributed by atoms with Crippen molar-refractivity contribution in [3.05, 3.63) is 39.9 Å². The zero-order valence-corrected chi connectivity index (χ0v) is 14.3. The number of nitro groups is 1. The van der Waals surface area contributed by atoms with Crippen LogP contribution in [0.2, 0.25) is 0 Å². The van der Waals surface area contributed by atoms with Crippen molar-refractivity contribution in [2.45, 2.75) is 26.8 Å². The zero-order chi connectivity index (χ0) is 19.0. The molecule has 0 aliphatic carbocycles. The summed E-state index contributed by atoms with van der Waals surface area (Å²) in [4.78, 5) is 45.0. The van der Waals surface area contributed by atoms with Crippen LogP contribution in [-0.4, -0.2) is 41.9 Å². The number of carbonyl (C=O) groups excluding carboxylic acids is 3. The van der Waals surface area contributed by atoms with Gasteiger partial charge in [0, 0.05) is 23.7 Å². The first kappa shape index (κ1) is 20.1. The number of esters is 1. The summed E-state index contributed by atoms with van der Waals surface area (Å²) >= 11 is 0. The Morgan fingerprint density at radius 1 is 1.24 bits per heavy atom. The van der Waals surface area contributed by atoms with Crippen LogP contribution in [0.3, 0.4) is 0 Å². The van der Waals surface area contributed by atoms with Crippen LogP contribution in [0.1, 0.15) is 31.1 Å². The molecule has 1 rings (SSSR count). The minimum atomic E-state index is -0.786. The highest BCUT2D eigenvalue weighted by Gasteiger charge is 2.15. The Hall–Kier alpha value is -2.97. The Kier molecular flexibility index (Phi) is 7.51. The van der Waals surface area contributed by atoms with Crippen molar-refractivity contribution in [3.8, 4) is 0 Å². The third-order valence-electron chi connectivity index (χ3n) is 3.47. The lowest BCUT2D eigenvalue weighted by molar-refractivity contribution is -0.384. The quantitative estimate of drug-likeness (QED) is 0.409. The third kappa shape index (κ3) is 6.98. The van der Waals surface area contributed by atoms with Gasteiger partial charge in [-0.2, -0.15) is 0 Å². The molecule has 0 saturated carbocycles. The molecule has 136 valence electrons. The van der Waals surface area contributed by atoms with E-state index in [0.29, 0.717) is 0 Å². The Morgan fingerprint density at radius 2 is 1.92 bits per heavy atom. The second-order valence-electron chi connectivity index (χ2n) is 5.75. The summed E-state index contributed by atoms with van der Waals surface area (Å²) in [6.07, 6.45) is 0. The molecule has 9 nitrogen and oxygen atoms in total. The van der Waals surface area contributed by atoms with Gasteiger partial charge in [-0.1, -0.05) is 19.9 Å². The van der Waals surface area contributed by atoms with Crippen molar-refractivity contribution in [3.63, 3.8) is 0 Å². The monoisotopic (exact) mass is 351 g/mol. The summed E-state index contributed by atoms with van der Waals surface area (Å²) in [6.45, 7) is 4.83. The number of hydrogen-bond acceptors (Lipinski definition) is 6. The number of amides is 2. The van der Waals surface area contributed by atoms with Crippen LogP contribution in [0, 0.1) is 16.0 Å². The zero-order valence-electron chi connectivity index (χ0n) is 14.3. The molecule has 1 aromatic carbocycles. The first-order valence-corrected chi connectivity index (χ1v) is 7.68. The molecule has 0 fully saturated rings. The topological polar surface area (TPSA) is 128 Å². The lowest BCUT2D eigenvalue weighted by atomic mass is 10.1. The number of rotatable bonds is 8. The second-order valence-corrected chi connectivity index (χ2v) is 5.75. The van der Waals surface area contributed by atoms with E-state index < -0.39 is 35.9 Å². The van der Waals surface area contributed by atoms with E-state index in [2.05, 4.69) is 10.6 Å². The van der Waals surface area contributed by atoms with Crippen molar-refractivity contribution in [2.24, 2.45) is 5.92 Å². The molecule has 1 atom stereocenters. The van der Waals surface area contributed by atoms with Gasteiger partial charge in [0.25, 0.3) is 17.5 Å². The molecule has 1 aromatic rings. The van der Waals surface area contributed by atoms with Gasteiger partial charge in [0.2, 0.25) is 0 Å². The molecule has 2 amide bonds. The van der Waals surface area contributed by atoms with Crippen molar-refractivity contribution in [1.29, 1.82) is 0 Å². The molecule has 0 aliphatic heterocycles. The van der Waals surface area contributed by atoms with Crippen LogP contribution < -0.4 is 10.6 Å². The van der Waals surface area contributed by atoms with E-state index in [1.54, 1.807) is 0 Å². The molecular formula is C16H21N3O6. The van der Waals surface area contributed by atoms with Gasteiger partial charge >= 0.3 is 5.97 Å². The number of nitro benzene ring substituents is 1. The normalized spacial score (nSPS) is 11.5. The van der Waals surface area contributed by atoms with Gasteiger partial charge in [0.05, 0.1) is 4.92 Å². The van der Waals surface area contributed by atoms with Crippen molar-refractivity contribution >= 4 is 23.5 Å². The summed E-state index contributed by atoms with van der Waals surface area (Å²) in [5.74, 6) is -1.63. The molecule has 25 heavy (non-hydrogen) atoms. The number of hydrogen-bond donors (Lipinski definition) is 2. The highest BCUT2D eigenvalue weighted by atomic mass is 16.6. The fourth-order valence-corrected chi connectivity index (χ4v) is 1.67. The number of carbonyl (C=O) groups is 3. The molecule has 0 bridgehead atoms. The minimum absolute atomic E-state index is 0.0468. The Bertz CT molecular complexity index is 659. The summed E-state index contributed by atoms with van der Waals surface area (Å²) in [7, 11) is 0. The van der Waals surface area contributed by atoms with Gasteiger partial charge in [-0.25, -0.2) is 0 Å². The molecule has 0 radical (unpaired) electrons. The molecule has 2 N–H and O–H groups in total. The Labute approximate surface area is 144 Å². The largest absolute Gasteiger partial charge is 0.454 e. The maximum atomic E-state index is 11.9. The van der Waals surface area contributed by atoms with E-state index in [9.17, 15) is 24.5 Å². The number of ether oxygens (including phenoxy) is 1. The number of nitrogens with zero attached hydrogens (tertiary/aromatic N) is 1. The standard InChI is InChI=1S/C16H21N3O6/c1-10(2)11(3)18-14(20)9-25-15(21)8-17-16(22)12-5-4-6-13(7-12)19(23)24/h4-7,10-11H,8-9H2,1-3H3,(H,17,22)(H,18,20)/t11-/m1/s1. The van der Waals surface area contributed by atoms with E-state index in [1.165, 1.54) is 18.2 Å². The van der Waals surface area contributed by atoms with E-state index in [0.717, 1.165) is 6.07 Å². The van der Waals surface area contributed by atoms with Crippen LogP contribution >= 0.6 is 0 Å². The summed E-state index contributed by atoms with van der Waals surface area (Å²) < 4.78 is 4.76. The van der Waals surface area contributed by atoms with Crippen molar-refractivity contribution in [1.82, 2.24) is 10.6 Å². The van der Waals surface area contributed by atoms with Gasteiger partial charge < -0.3 is 15.4 Å². The minimum Gasteiger partial charge on any atom is -0.454 e. The fraction of sp³-hybridized carbons (Fsp3) is 0.438. The average molecular weight is 351 g/mol. The van der Waals surface area contributed by atoms with Crippen LogP contribution in [0.15, 0.2) is 24.3 Å². The molecule has 0 aliphatic rings. The van der Waals surface area contributed by atoms with E-state index in [1.807, 2.05) is 20.8 Å². The molecule has 0 unspecified atom stereocenters. The van der Waals surface area contributed by atoms with E-state index >= 15 is 0 Å². The molecule has 0 heterocycles. The second kappa shape index (κ2) is 9.36. The van der Waals surface area contributed by atoms with E-state index in [-0.39, 0.29) is 23.2 Å². The molecular weight excluding hydrogens is 330 g/mol. The lowest BCUT2D eigenvalue weighted by Gasteiger charge is -2.17. The van der Waals surface area contributed by atoms with Gasteiger partial charge in [0.15, 0.2) is 6.61 Å². The molecule has 0 saturated heterocycles. The van der Waals surface area contributed by atoms with Crippen LogP contribution in [0.5, 0.6) is 0 Å². The third-order valence-corrected chi connectivity index (χ3v) is 3.47. The van der Waals surface area contributed by atoms with Crippen LogP contribution in [-0.2, 0) is 14.3 Å². The van der Waals surface area contributed by atoms with Crippen molar-refractivity contribution in [2.75, 3.05) is 13.2 Å². The molecule has 0 aromatic heterocycles. The van der Waals surface area contributed by atoms with Gasteiger partial charge in [-0.05, 0) is 18.9 Å². The first-order valence-electron chi connectivity index (χ1n) is 7.68. The van der Waals surface area contributed by atoms with Crippen LogP contribution in [0.4, 0.5) is 5.69 Å². The predicted molar refractivity (Wildman–Crippen MR) is 88.8 cm³/mol.